The highest BCUT2D eigenvalue weighted by atomic mass is 79.9. The van der Waals surface area contributed by atoms with E-state index < -0.39 is 0 Å². The Morgan fingerprint density at radius 3 is 2.84 bits per heavy atom. The predicted octanol–water partition coefficient (Wildman–Crippen LogP) is 4.12. The average molecular weight is 336 g/mol. The normalized spacial score (nSPS) is 10.8. The van der Waals surface area contributed by atoms with Crippen LogP contribution >= 0.6 is 27.3 Å². The third kappa shape index (κ3) is 2.29. The van der Waals surface area contributed by atoms with Crippen molar-refractivity contribution in [2.24, 2.45) is 0 Å². The molecular formula is C13H10BrN3OS. The topological polar surface area (TPSA) is 64.9 Å². The molecule has 1 aromatic carbocycles. The van der Waals surface area contributed by atoms with E-state index in [4.69, 9.17) is 10.3 Å². The van der Waals surface area contributed by atoms with Crippen LogP contribution in [0.5, 0.6) is 0 Å². The zero-order valence-electron chi connectivity index (χ0n) is 10.1. The minimum atomic E-state index is 0.445. The molecule has 0 spiro atoms. The summed E-state index contributed by atoms with van der Waals surface area (Å²) in [5, 5.41) is 3.99. The van der Waals surface area contributed by atoms with Gasteiger partial charge in [0, 0.05) is 5.69 Å². The van der Waals surface area contributed by atoms with Crippen molar-refractivity contribution in [3.05, 3.63) is 39.7 Å². The van der Waals surface area contributed by atoms with E-state index in [-0.39, 0.29) is 0 Å². The van der Waals surface area contributed by atoms with Crippen molar-refractivity contribution in [3.8, 4) is 22.2 Å². The molecule has 2 aromatic heterocycles. The maximum absolute atomic E-state index is 6.03. The molecule has 0 saturated heterocycles. The molecule has 4 nitrogen and oxygen atoms in total. The molecule has 0 aliphatic heterocycles. The molecular weight excluding hydrogens is 326 g/mol. The maximum Gasteiger partial charge on any atom is 0.260 e. The smallest absolute Gasteiger partial charge is 0.260 e. The molecule has 0 fully saturated rings. The van der Waals surface area contributed by atoms with Gasteiger partial charge in [-0.3, -0.25) is 0 Å². The van der Waals surface area contributed by atoms with Crippen molar-refractivity contribution in [1.29, 1.82) is 0 Å². The molecule has 0 atom stereocenters. The Morgan fingerprint density at radius 1 is 1.26 bits per heavy atom. The van der Waals surface area contributed by atoms with E-state index in [0.29, 0.717) is 17.4 Å². The van der Waals surface area contributed by atoms with Gasteiger partial charge in [-0.15, -0.1) is 11.3 Å². The lowest BCUT2D eigenvalue weighted by Gasteiger charge is -2.02. The third-order valence-corrected chi connectivity index (χ3v) is 4.39. The van der Waals surface area contributed by atoms with E-state index in [1.54, 1.807) is 11.3 Å². The zero-order chi connectivity index (χ0) is 13.4. The number of hydrogen-bond donors (Lipinski definition) is 1. The van der Waals surface area contributed by atoms with Crippen LogP contribution in [0, 0.1) is 6.92 Å². The molecule has 0 saturated carbocycles. The van der Waals surface area contributed by atoms with E-state index in [1.165, 1.54) is 0 Å². The van der Waals surface area contributed by atoms with Gasteiger partial charge in [0.05, 0.1) is 14.2 Å². The van der Waals surface area contributed by atoms with Crippen molar-refractivity contribution in [1.82, 2.24) is 10.1 Å². The van der Waals surface area contributed by atoms with Crippen LogP contribution in [0.4, 0.5) is 5.69 Å². The Hall–Kier alpha value is -1.66. The fourth-order valence-electron chi connectivity index (χ4n) is 1.73. The number of thiophene rings is 1. The molecule has 96 valence electrons. The number of aryl methyl sites for hydroxylation is 1. The standard InChI is InChI=1S/C13H10BrN3OS/c1-7-3-2-4-8(11(7)15)13-16-12(17-18-13)9-5-6-10(14)19-9/h2-6H,15H2,1H3. The first-order valence-corrected chi connectivity index (χ1v) is 7.21. The van der Waals surface area contributed by atoms with Gasteiger partial charge in [-0.25, -0.2) is 0 Å². The number of nitrogen functional groups attached to an aromatic ring is 1. The predicted molar refractivity (Wildman–Crippen MR) is 79.9 cm³/mol. The fourth-order valence-corrected chi connectivity index (χ4v) is 3.05. The lowest BCUT2D eigenvalue weighted by Crippen LogP contribution is -1.93. The van der Waals surface area contributed by atoms with Gasteiger partial charge >= 0.3 is 0 Å². The van der Waals surface area contributed by atoms with Crippen molar-refractivity contribution >= 4 is 33.0 Å². The first-order chi connectivity index (χ1) is 9.15. The number of rotatable bonds is 2. The molecule has 0 bridgehead atoms. The minimum absolute atomic E-state index is 0.445. The van der Waals surface area contributed by atoms with Crippen LogP contribution in [0.2, 0.25) is 0 Å². The highest BCUT2D eigenvalue weighted by Crippen LogP contribution is 2.32. The minimum Gasteiger partial charge on any atom is -0.398 e. The summed E-state index contributed by atoms with van der Waals surface area (Å²) >= 11 is 4.97. The van der Waals surface area contributed by atoms with Gasteiger partial charge in [-0.05, 0) is 46.6 Å². The summed E-state index contributed by atoms with van der Waals surface area (Å²) in [6, 6.07) is 9.66. The molecule has 3 aromatic rings. The molecule has 2 heterocycles. The van der Waals surface area contributed by atoms with Crippen LogP contribution in [-0.2, 0) is 0 Å². The van der Waals surface area contributed by atoms with E-state index in [1.807, 2.05) is 37.3 Å². The number of para-hydroxylation sites is 1. The van der Waals surface area contributed by atoms with Gasteiger partial charge in [0.1, 0.15) is 0 Å². The van der Waals surface area contributed by atoms with Gasteiger partial charge in [-0.2, -0.15) is 4.98 Å². The van der Waals surface area contributed by atoms with Crippen LogP contribution < -0.4 is 5.73 Å². The Balaban J connectivity index is 2.04. The number of nitrogens with zero attached hydrogens (tertiary/aromatic N) is 2. The summed E-state index contributed by atoms with van der Waals surface area (Å²) in [6.07, 6.45) is 0. The second kappa shape index (κ2) is 4.79. The number of benzene rings is 1. The van der Waals surface area contributed by atoms with Crippen LogP contribution in [0.15, 0.2) is 38.6 Å². The Bertz CT molecular complexity index is 735. The van der Waals surface area contributed by atoms with Crippen LogP contribution in [0.3, 0.4) is 0 Å². The molecule has 6 heteroatoms. The van der Waals surface area contributed by atoms with Gasteiger partial charge < -0.3 is 10.3 Å². The summed E-state index contributed by atoms with van der Waals surface area (Å²) in [4.78, 5) is 5.35. The van der Waals surface area contributed by atoms with E-state index in [0.717, 1.165) is 19.8 Å². The SMILES string of the molecule is Cc1cccc(-c2nc(-c3ccc(Br)s3)no2)c1N. The molecule has 0 aliphatic rings. The van der Waals surface area contributed by atoms with Crippen LogP contribution in [0.1, 0.15) is 5.56 Å². The lowest BCUT2D eigenvalue weighted by molar-refractivity contribution is 0.432. The van der Waals surface area contributed by atoms with Gasteiger partial charge in [0.15, 0.2) is 0 Å². The first kappa shape index (κ1) is 12.4. The Morgan fingerprint density at radius 2 is 2.11 bits per heavy atom. The summed E-state index contributed by atoms with van der Waals surface area (Å²) < 4.78 is 6.33. The van der Waals surface area contributed by atoms with E-state index in [2.05, 4.69) is 26.1 Å². The highest BCUT2D eigenvalue weighted by Gasteiger charge is 2.14. The third-order valence-electron chi connectivity index (χ3n) is 2.77. The zero-order valence-corrected chi connectivity index (χ0v) is 12.5. The van der Waals surface area contributed by atoms with Crippen molar-refractivity contribution in [2.45, 2.75) is 6.92 Å². The van der Waals surface area contributed by atoms with Gasteiger partial charge in [0.2, 0.25) is 5.82 Å². The van der Waals surface area contributed by atoms with Crippen LogP contribution in [-0.4, -0.2) is 10.1 Å². The molecule has 0 amide bonds. The number of hydrogen-bond acceptors (Lipinski definition) is 5. The summed E-state index contributed by atoms with van der Waals surface area (Å²) in [5.41, 5.74) is 8.47. The number of nitrogens with two attached hydrogens (primary N) is 1. The quantitative estimate of drug-likeness (QED) is 0.715. The summed E-state index contributed by atoms with van der Waals surface area (Å²) in [7, 11) is 0. The largest absolute Gasteiger partial charge is 0.398 e. The Labute approximate surface area is 122 Å². The van der Waals surface area contributed by atoms with Crippen molar-refractivity contribution in [2.75, 3.05) is 5.73 Å². The number of anilines is 1. The maximum atomic E-state index is 6.03. The molecule has 2 N–H and O–H groups in total. The van der Waals surface area contributed by atoms with E-state index >= 15 is 0 Å². The van der Waals surface area contributed by atoms with Crippen LogP contribution in [0.25, 0.3) is 22.2 Å². The average Bonchev–Trinajstić information content (AvgIpc) is 3.01. The van der Waals surface area contributed by atoms with Gasteiger partial charge in [0.25, 0.3) is 5.89 Å². The summed E-state index contributed by atoms with van der Waals surface area (Å²) in [6.45, 7) is 1.95. The van der Waals surface area contributed by atoms with Crippen molar-refractivity contribution < 1.29 is 4.52 Å². The molecule has 3 rings (SSSR count). The molecule has 19 heavy (non-hydrogen) atoms. The second-order valence-corrected chi connectivity index (χ2v) is 6.53. The van der Waals surface area contributed by atoms with Crippen molar-refractivity contribution in [3.63, 3.8) is 0 Å². The molecule has 0 unspecified atom stereocenters. The molecule has 0 aliphatic carbocycles. The first-order valence-electron chi connectivity index (χ1n) is 5.60. The highest BCUT2D eigenvalue weighted by molar-refractivity contribution is 9.11. The fraction of sp³-hybridized carbons (Fsp3) is 0.0769. The summed E-state index contributed by atoms with van der Waals surface area (Å²) in [5.74, 6) is 1.02. The Kier molecular flexibility index (Phi) is 3.12. The monoisotopic (exact) mass is 335 g/mol. The van der Waals surface area contributed by atoms with Gasteiger partial charge in [-0.1, -0.05) is 17.3 Å². The number of aromatic nitrogens is 2. The molecule has 0 radical (unpaired) electrons. The number of halogens is 1. The lowest BCUT2D eigenvalue weighted by atomic mass is 10.1. The second-order valence-electron chi connectivity index (χ2n) is 4.06. The van der Waals surface area contributed by atoms with E-state index in [9.17, 15) is 0 Å².